The molecule has 0 radical (unpaired) electrons. The highest BCUT2D eigenvalue weighted by molar-refractivity contribution is 14.1. The summed E-state index contributed by atoms with van der Waals surface area (Å²) < 4.78 is 6.22. The number of benzene rings is 1. The van der Waals surface area contributed by atoms with E-state index in [1.165, 1.54) is 0 Å². The number of halogens is 1. The highest BCUT2D eigenvalue weighted by atomic mass is 127. The summed E-state index contributed by atoms with van der Waals surface area (Å²) in [7, 11) is 0. The Kier molecular flexibility index (Phi) is 4.64. The van der Waals surface area contributed by atoms with Crippen LogP contribution in [0.5, 0.6) is 5.75 Å². The molecule has 78 valence electrons. The second kappa shape index (κ2) is 5.53. The van der Waals surface area contributed by atoms with Gasteiger partial charge in [-0.3, -0.25) is 0 Å². The van der Waals surface area contributed by atoms with Crippen molar-refractivity contribution in [2.75, 3.05) is 0 Å². The number of aliphatic hydroxyl groups excluding tert-OH is 2. The average molecular weight is 308 g/mol. The second-order valence-corrected chi connectivity index (χ2v) is 4.18. The molecule has 0 bridgehead atoms. The number of hydrogen-bond donors (Lipinski definition) is 2. The van der Waals surface area contributed by atoms with Crippen LogP contribution in [-0.2, 0) is 0 Å². The van der Waals surface area contributed by atoms with Crippen LogP contribution in [0.15, 0.2) is 24.3 Å². The molecule has 4 heteroatoms. The minimum atomic E-state index is -1.15. The van der Waals surface area contributed by atoms with Gasteiger partial charge >= 0.3 is 0 Å². The Hall–Kier alpha value is -0.330. The first-order valence-corrected chi connectivity index (χ1v) is 5.49. The quantitative estimate of drug-likeness (QED) is 0.658. The Labute approximate surface area is 96.9 Å². The minimum Gasteiger partial charge on any atom is -0.462 e. The van der Waals surface area contributed by atoms with E-state index in [0.717, 1.165) is 3.57 Å². The topological polar surface area (TPSA) is 49.7 Å². The van der Waals surface area contributed by atoms with E-state index >= 15 is 0 Å². The molecule has 0 fully saturated rings. The number of aliphatic hydroxyl groups is 2. The van der Waals surface area contributed by atoms with Crippen LogP contribution in [0.1, 0.15) is 13.3 Å². The molecule has 0 heterocycles. The molecule has 2 atom stereocenters. The third kappa shape index (κ3) is 3.43. The van der Waals surface area contributed by atoms with Crippen molar-refractivity contribution in [1.29, 1.82) is 0 Å². The molecule has 1 aromatic carbocycles. The summed E-state index contributed by atoms with van der Waals surface area (Å²) >= 11 is 2.18. The summed E-state index contributed by atoms with van der Waals surface area (Å²) in [6.45, 7) is 1.78. The highest BCUT2D eigenvalue weighted by Gasteiger charge is 2.15. The first kappa shape index (κ1) is 11.7. The summed E-state index contributed by atoms with van der Waals surface area (Å²) in [5.74, 6) is 0.561. The molecule has 0 aliphatic carbocycles. The average Bonchev–Trinajstić information content (AvgIpc) is 2.20. The van der Waals surface area contributed by atoms with Crippen LogP contribution in [0.3, 0.4) is 0 Å². The van der Waals surface area contributed by atoms with Gasteiger partial charge in [0.15, 0.2) is 0 Å². The normalized spacial score (nSPS) is 14.9. The summed E-state index contributed by atoms with van der Waals surface area (Å²) in [6.07, 6.45) is -1.53. The Balaban J connectivity index is 2.56. The predicted octanol–water partition coefficient (Wildman–Crippen LogP) is 1.76. The summed E-state index contributed by atoms with van der Waals surface area (Å²) in [6, 6.07) is 7.27. The first-order chi connectivity index (χ1) is 6.63. The van der Waals surface area contributed by atoms with Gasteiger partial charge < -0.3 is 14.9 Å². The van der Waals surface area contributed by atoms with Crippen molar-refractivity contribution in [2.45, 2.75) is 25.7 Å². The molecule has 0 saturated heterocycles. The zero-order chi connectivity index (χ0) is 10.6. The molecule has 3 nitrogen and oxygen atoms in total. The van der Waals surface area contributed by atoms with E-state index < -0.39 is 12.4 Å². The lowest BCUT2D eigenvalue weighted by Gasteiger charge is -2.17. The highest BCUT2D eigenvalue weighted by Crippen LogP contribution is 2.15. The Bertz CT molecular complexity index is 273. The lowest BCUT2D eigenvalue weighted by Crippen LogP contribution is -2.30. The molecule has 1 unspecified atom stereocenters. The molecule has 0 aliphatic rings. The van der Waals surface area contributed by atoms with Crippen molar-refractivity contribution in [2.24, 2.45) is 0 Å². The molecule has 14 heavy (non-hydrogen) atoms. The molecular formula is C10H13IO3. The zero-order valence-corrected chi connectivity index (χ0v) is 10.0. The van der Waals surface area contributed by atoms with Gasteiger partial charge in [0, 0.05) is 3.57 Å². The van der Waals surface area contributed by atoms with Gasteiger partial charge in [-0.1, -0.05) is 6.92 Å². The van der Waals surface area contributed by atoms with E-state index in [2.05, 4.69) is 22.6 Å². The number of rotatable bonds is 4. The maximum Gasteiger partial charge on any atom is 0.223 e. The minimum absolute atomic E-state index is 0.464. The first-order valence-electron chi connectivity index (χ1n) is 4.42. The fourth-order valence-corrected chi connectivity index (χ4v) is 1.29. The van der Waals surface area contributed by atoms with Gasteiger partial charge in [0.05, 0.1) is 0 Å². The molecule has 1 rings (SSSR count). The number of hydrogen-bond acceptors (Lipinski definition) is 3. The van der Waals surface area contributed by atoms with E-state index in [-0.39, 0.29) is 0 Å². The van der Waals surface area contributed by atoms with Gasteiger partial charge in [0.25, 0.3) is 0 Å². The van der Waals surface area contributed by atoms with Crippen LogP contribution < -0.4 is 4.74 Å². The molecule has 0 spiro atoms. The van der Waals surface area contributed by atoms with E-state index in [1.54, 1.807) is 19.1 Å². The Morgan fingerprint density at radius 1 is 1.29 bits per heavy atom. The van der Waals surface area contributed by atoms with Crippen LogP contribution in [0, 0.1) is 3.57 Å². The molecular weight excluding hydrogens is 295 g/mol. The van der Waals surface area contributed by atoms with Crippen molar-refractivity contribution in [3.63, 3.8) is 0 Å². The van der Waals surface area contributed by atoms with Gasteiger partial charge in [0.1, 0.15) is 11.9 Å². The Morgan fingerprint density at radius 3 is 2.36 bits per heavy atom. The summed E-state index contributed by atoms with van der Waals surface area (Å²) in [4.78, 5) is 0. The number of ether oxygens (including phenoxy) is 1. The summed E-state index contributed by atoms with van der Waals surface area (Å²) in [5.41, 5.74) is 0. The van der Waals surface area contributed by atoms with E-state index in [4.69, 9.17) is 4.74 Å². The van der Waals surface area contributed by atoms with Gasteiger partial charge in [-0.05, 0) is 53.3 Å². The van der Waals surface area contributed by atoms with Crippen molar-refractivity contribution in [1.82, 2.24) is 0 Å². The maximum atomic E-state index is 9.37. The predicted molar refractivity (Wildman–Crippen MR) is 62.1 cm³/mol. The van der Waals surface area contributed by atoms with Crippen LogP contribution in [0.2, 0.25) is 0 Å². The zero-order valence-electron chi connectivity index (χ0n) is 7.85. The monoisotopic (exact) mass is 308 g/mol. The summed E-state index contributed by atoms with van der Waals surface area (Å²) in [5, 5.41) is 18.6. The molecule has 0 aromatic heterocycles. The molecule has 2 N–H and O–H groups in total. The molecule has 0 saturated carbocycles. The van der Waals surface area contributed by atoms with Crippen LogP contribution in [0.4, 0.5) is 0 Å². The van der Waals surface area contributed by atoms with E-state index in [9.17, 15) is 10.2 Å². The fraction of sp³-hybridized carbons (Fsp3) is 0.400. The largest absolute Gasteiger partial charge is 0.462 e. The van der Waals surface area contributed by atoms with Crippen LogP contribution >= 0.6 is 22.6 Å². The van der Waals surface area contributed by atoms with Crippen molar-refractivity contribution >= 4 is 22.6 Å². The van der Waals surface area contributed by atoms with Crippen LogP contribution in [-0.4, -0.2) is 22.6 Å². The van der Waals surface area contributed by atoms with E-state index in [1.807, 2.05) is 12.1 Å². The van der Waals surface area contributed by atoms with Crippen molar-refractivity contribution < 1.29 is 14.9 Å². The maximum absolute atomic E-state index is 9.37. The third-order valence-electron chi connectivity index (χ3n) is 1.82. The molecule has 0 amide bonds. The second-order valence-electron chi connectivity index (χ2n) is 2.94. The Morgan fingerprint density at radius 2 is 1.86 bits per heavy atom. The smallest absolute Gasteiger partial charge is 0.223 e. The molecule has 1 aromatic rings. The standard InChI is InChI=1S/C10H13IO3/c1-2-9(12)10(13)14-8-5-3-7(11)4-6-8/h3-6,9-10,12-13H,2H2,1H3/t9?,10-/m0/s1. The van der Waals surface area contributed by atoms with Crippen LogP contribution in [0.25, 0.3) is 0 Å². The van der Waals surface area contributed by atoms with Crippen molar-refractivity contribution in [3.8, 4) is 5.75 Å². The van der Waals surface area contributed by atoms with Gasteiger partial charge in [-0.2, -0.15) is 0 Å². The SMILES string of the molecule is CCC(O)[C@@H](O)Oc1ccc(I)cc1. The lowest BCUT2D eigenvalue weighted by atomic mass is 10.3. The lowest BCUT2D eigenvalue weighted by molar-refractivity contribution is -0.104. The van der Waals surface area contributed by atoms with Gasteiger partial charge in [0.2, 0.25) is 6.29 Å². The molecule has 0 aliphatic heterocycles. The van der Waals surface area contributed by atoms with Crippen molar-refractivity contribution in [3.05, 3.63) is 27.8 Å². The fourth-order valence-electron chi connectivity index (χ4n) is 0.933. The third-order valence-corrected chi connectivity index (χ3v) is 2.54. The van der Waals surface area contributed by atoms with E-state index in [0.29, 0.717) is 12.2 Å². The van der Waals surface area contributed by atoms with Gasteiger partial charge in [-0.25, -0.2) is 0 Å². The van der Waals surface area contributed by atoms with Gasteiger partial charge in [-0.15, -0.1) is 0 Å².